The van der Waals surface area contributed by atoms with Gasteiger partial charge in [0.2, 0.25) is 0 Å². The van der Waals surface area contributed by atoms with Gasteiger partial charge in [-0.05, 0) is 12.2 Å². The molecule has 1 heterocycles. The molecule has 0 fully saturated rings. The third kappa shape index (κ3) is 1.66. The first-order chi connectivity index (χ1) is 6.17. The lowest BCUT2D eigenvalue weighted by Crippen LogP contribution is -2.23. The first-order valence-corrected chi connectivity index (χ1v) is 4.48. The van der Waals surface area contributed by atoms with E-state index in [-0.39, 0.29) is 5.41 Å². The van der Waals surface area contributed by atoms with Crippen molar-refractivity contribution in [3.8, 4) is 0 Å². The molecule has 0 spiro atoms. The Morgan fingerprint density at radius 3 is 2.54 bits per heavy atom. The van der Waals surface area contributed by atoms with Crippen molar-refractivity contribution >= 4 is 0 Å². The Hall–Kier alpha value is -1.44. The Labute approximate surface area is 78.7 Å². The average molecular weight is 174 g/mol. The van der Waals surface area contributed by atoms with Crippen LogP contribution < -0.4 is 10.6 Å². The predicted octanol–water partition coefficient (Wildman–Crippen LogP) is 2.01. The van der Waals surface area contributed by atoms with Crippen molar-refractivity contribution in [2.45, 2.75) is 13.8 Å². The molecule has 2 nitrogen and oxygen atoms in total. The summed E-state index contributed by atoms with van der Waals surface area (Å²) in [5.41, 5.74) is 2.40. The third-order valence-corrected chi connectivity index (χ3v) is 2.16. The van der Waals surface area contributed by atoms with E-state index in [0.717, 1.165) is 11.4 Å². The minimum absolute atomic E-state index is 0.118. The Balaban J connectivity index is 2.41. The molecule has 13 heavy (non-hydrogen) atoms. The summed E-state index contributed by atoms with van der Waals surface area (Å²) >= 11 is 0. The van der Waals surface area contributed by atoms with Gasteiger partial charge in [0.1, 0.15) is 0 Å². The summed E-state index contributed by atoms with van der Waals surface area (Å²) in [5.74, 6) is 0. The SMILES string of the molecule is CC1(C)C=CC=C2NC=CNC2=C1. The van der Waals surface area contributed by atoms with Gasteiger partial charge in [0.25, 0.3) is 0 Å². The summed E-state index contributed by atoms with van der Waals surface area (Å²) in [7, 11) is 0. The van der Waals surface area contributed by atoms with Crippen LogP contribution in [0.25, 0.3) is 0 Å². The van der Waals surface area contributed by atoms with Crippen LogP contribution in [0.15, 0.2) is 48.1 Å². The lowest BCUT2D eigenvalue weighted by Gasteiger charge is -2.20. The van der Waals surface area contributed by atoms with E-state index in [1.165, 1.54) is 0 Å². The highest BCUT2D eigenvalue weighted by atomic mass is 15.0. The molecule has 0 bridgehead atoms. The Morgan fingerprint density at radius 2 is 1.77 bits per heavy atom. The van der Waals surface area contributed by atoms with Gasteiger partial charge < -0.3 is 10.6 Å². The van der Waals surface area contributed by atoms with E-state index >= 15 is 0 Å². The second-order valence-corrected chi connectivity index (χ2v) is 3.94. The molecule has 0 radical (unpaired) electrons. The smallest absolute Gasteiger partial charge is 0.0616 e. The molecule has 0 saturated carbocycles. The van der Waals surface area contributed by atoms with Crippen LogP contribution in [0.3, 0.4) is 0 Å². The summed E-state index contributed by atoms with van der Waals surface area (Å²) in [6.45, 7) is 4.38. The van der Waals surface area contributed by atoms with E-state index in [1.807, 2.05) is 12.4 Å². The highest BCUT2D eigenvalue weighted by Gasteiger charge is 2.16. The second-order valence-electron chi connectivity index (χ2n) is 3.94. The van der Waals surface area contributed by atoms with E-state index in [9.17, 15) is 0 Å². The van der Waals surface area contributed by atoms with Gasteiger partial charge in [-0.2, -0.15) is 0 Å². The maximum Gasteiger partial charge on any atom is 0.0616 e. The largest absolute Gasteiger partial charge is 0.359 e. The van der Waals surface area contributed by atoms with E-state index in [0.29, 0.717) is 0 Å². The quantitative estimate of drug-likeness (QED) is 0.587. The van der Waals surface area contributed by atoms with Crippen LogP contribution in [0.5, 0.6) is 0 Å². The van der Waals surface area contributed by atoms with Crippen molar-refractivity contribution < 1.29 is 0 Å². The second kappa shape index (κ2) is 2.80. The van der Waals surface area contributed by atoms with E-state index < -0.39 is 0 Å². The minimum Gasteiger partial charge on any atom is -0.359 e. The molecular weight excluding hydrogens is 160 g/mol. The maximum absolute atomic E-state index is 3.23. The molecule has 0 amide bonds. The molecular formula is C11H14N2. The van der Waals surface area contributed by atoms with E-state index in [4.69, 9.17) is 0 Å². The Morgan fingerprint density at radius 1 is 1.08 bits per heavy atom. The molecule has 0 aromatic carbocycles. The number of fused-ring (bicyclic) bond motifs is 1. The minimum atomic E-state index is 0.118. The first-order valence-electron chi connectivity index (χ1n) is 4.48. The summed E-state index contributed by atoms with van der Waals surface area (Å²) in [5, 5.41) is 6.42. The van der Waals surface area contributed by atoms with Gasteiger partial charge in [0.15, 0.2) is 0 Å². The number of rotatable bonds is 0. The van der Waals surface area contributed by atoms with E-state index in [2.05, 4.69) is 48.8 Å². The van der Waals surface area contributed by atoms with Gasteiger partial charge in [-0.3, -0.25) is 0 Å². The van der Waals surface area contributed by atoms with Gasteiger partial charge >= 0.3 is 0 Å². The van der Waals surface area contributed by atoms with Crippen molar-refractivity contribution in [2.24, 2.45) is 5.41 Å². The number of hydrogen-bond donors (Lipinski definition) is 2. The summed E-state index contributed by atoms with van der Waals surface area (Å²) in [6.07, 6.45) is 12.4. The fourth-order valence-corrected chi connectivity index (χ4v) is 1.49. The van der Waals surface area contributed by atoms with Crippen LogP contribution in [0.4, 0.5) is 0 Å². The van der Waals surface area contributed by atoms with Crippen LogP contribution >= 0.6 is 0 Å². The monoisotopic (exact) mass is 174 g/mol. The topological polar surface area (TPSA) is 24.1 Å². The highest BCUT2D eigenvalue weighted by Crippen LogP contribution is 2.25. The molecule has 2 rings (SSSR count). The summed E-state index contributed by atoms with van der Waals surface area (Å²) in [4.78, 5) is 0. The molecule has 1 aliphatic carbocycles. The molecule has 0 unspecified atom stereocenters. The standard InChI is InChI=1S/C11H14N2/c1-11(2)5-3-4-9-10(8-11)13-7-6-12-9/h3-8,12-13H,1-2H3. The average Bonchev–Trinajstić information content (AvgIpc) is 2.21. The van der Waals surface area contributed by atoms with Gasteiger partial charge in [-0.1, -0.05) is 26.0 Å². The van der Waals surface area contributed by atoms with Gasteiger partial charge in [-0.15, -0.1) is 0 Å². The predicted molar refractivity (Wildman–Crippen MR) is 54.5 cm³/mol. The number of hydrogen-bond acceptors (Lipinski definition) is 2. The Kier molecular flexibility index (Phi) is 1.76. The molecule has 68 valence electrons. The summed E-state index contributed by atoms with van der Waals surface area (Å²) < 4.78 is 0. The molecule has 0 aromatic rings. The fraction of sp³-hybridized carbons (Fsp3) is 0.273. The molecule has 0 aromatic heterocycles. The first kappa shape index (κ1) is 8.17. The lowest BCUT2D eigenvalue weighted by molar-refractivity contribution is 0.617. The normalized spacial score (nSPS) is 23.2. The maximum atomic E-state index is 3.23. The molecule has 1 aliphatic heterocycles. The van der Waals surface area contributed by atoms with Crippen LogP contribution in [0.1, 0.15) is 13.8 Å². The fourth-order valence-electron chi connectivity index (χ4n) is 1.49. The highest BCUT2D eigenvalue weighted by molar-refractivity contribution is 5.40. The Bertz CT molecular complexity index is 330. The molecule has 0 atom stereocenters. The van der Waals surface area contributed by atoms with Crippen molar-refractivity contribution in [1.82, 2.24) is 10.6 Å². The summed E-state index contributed by atoms with van der Waals surface area (Å²) in [6, 6.07) is 0. The van der Waals surface area contributed by atoms with Crippen molar-refractivity contribution in [2.75, 3.05) is 0 Å². The van der Waals surface area contributed by atoms with E-state index in [1.54, 1.807) is 0 Å². The van der Waals surface area contributed by atoms with Gasteiger partial charge in [0, 0.05) is 17.8 Å². The zero-order chi connectivity index (χ0) is 9.31. The van der Waals surface area contributed by atoms with Crippen molar-refractivity contribution in [3.05, 3.63) is 48.1 Å². The molecule has 2 N–H and O–H groups in total. The molecule has 2 aliphatic rings. The molecule has 0 saturated heterocycles. The van der Waals surface area contributed by atoms with Crippen LogP contribution in [-0.4, -0.2) is 0 Å². The third-order valence-electron chi connectivity index (χ3n) is 2.16. The zero-order valence-electron chi connectivity index (χ0n) is 7.96. The number of nitrogens with one attached hydrogen (secondary N) is 2. The molecule has 2 heteroatoms. The van der Waals surface area contributed by atoms with Gasteiger partial charge in [0.05, 0.1) is 11.4 Å². The van der Waals surface area contributed by atoms with Crippen LogP contribution in [0, 0.1) is 5.41 Å². The number of allylic oxidation sites excluding steroid dienone is 4. The van der Waals surface area contributed by atoms with Crippen molar-refractivity contribution in [1.29, 1.82) is 0 Å². The van der Waals surface area contributed by atoms with Crippen LogP contribution in [-0.2, 0) is 0 Å². The van der Waals surface area contributed by atoms with Gasteiger partial charge in [-0.25, -0.2) is 0 Å². The zero-order valence-corrected chi connectivity index (χ0v) is 7.96. The lowest BCUT2D eigenvalue weighted by atomic mass is 9.92. The van der Waals surface area contributed by atoms with Crippen LogP contribution in [0.2, 0.25) is 0 Å². The van der Waals surface area contributed by atoms with Crippen molar-refractivity contribution in [3.63, 3.8) is 0 Å².